The lowest BCUT2D eigenvalue weighted by Crippen LogP contribution is -2.08. The van der Waals surface area contributed by atoms with Gasteiger partial charge >= 0.3 is 13.8 Å². The fourth-order valence-corrected chi connectivity index (χ4v) is 0.918. The highest BCUT2D eigenvalue weighted by molar-refractivity contribution is 7.45. The lowest BCUT2D eigenvalue weighted by Gasteiger charge is -2.03. The van der Waals surface area contributed by atoms with Crippen molar-refractivity contribution in [2.24, 2.45) is 0 Å². The number of carbonyl (C=O) groups excluding carboxylic acids is 1. The molecule has 7 nitrogen and oxygen atoms in total. The molecule has 0 aliphatic rings. The molecule has 1 aromatic heterocycles. The summed E-state index contributed by atoms with van der Waals surface area (Å²) in [4.78, 5) is 36.7. The minimum atomic E-state index is -4.64. The number of rotatable bonds is 4. The Labute approximate surface area is 110 Å². The summed E-state index contributed by atoms with van der Waals surface area (Å²) < 4.78 is 13.8. The molecule has 1 aromatic rings. The van der Waals surface area contributed by atoms with E-state index in [0.29, 0.717) is 18.6 Å². The number of hydrogen-bond acceptors (Lipinski definition) is 4. The summed E-state index contributed by atoms with van der Waals surface area (Å²) in [5, 5.41) is 0. The summed E-state index contributed by atoms with van der Waals surface area (Å²) in [6.45, 7) is 5.47. The third-order valence-corrected chi connectivity index (χ3v) is 1.67. The maximum Gasteiger partial charge on any atom is 0.466 e. The molecule has 0 aliphatic carbocycles. The van der Waals surface area contributed by atoms with E-state index in [1.807, 2.05) is 18.2 Å². The summed E-state index contributed by atoms with van der Waals surface area (Å²) in [5.41, 5.74) is 1.34. The quantitative estimate of drug-likeness (QED) is 0.426. The van der Waals surface area contributed by atoms with E-state index in [1.165, 1.54) is 0 Å². The summed E-state index contributed by atoms with van der Waals surface area (Å²) in [5.74, 6) is -0.346. The van der Waals surface area contributed by atoms with Crippen LogP contribution in [0.5, 0.6) is 0 Å². The van der Waals surface area contributed by atoms with Crippen LogP contribution in [-0.4, -0.2) is 32.2 Å². The Hall–Kier alpha value is -1.53. The summed E-state index contributed by atoms with van der Waals surface area (Å²) in [6.07, 6.45) is 2.36. The maximum atomic E-state index is 11.0. The van der Waals surface area contributed by atoms with Gasteiger partial charge in [-0.25, -0.2) is 9.36 Å². The second kappa shape index (κ2) is 8.55. The predicted octanol–water partition coefficient (Wildman–Crippen LogP) is 0.815. The molecule has 0 atom stereocenters. The normalized spacial score (nSPS) is 10.1. The van der Waals surface area contributed by atoms with E-state index >= 15 is 0 Å². The number of aromatic nitrogens is 1. The number of esters is 1. The molecule has 0 fully saturated rings. The zero-order valence-electron chi connectivity index (χ0n) is 10.4. The molecule has 0 radical (unpaired) electrons. The summed E-state index contributed by atoms with van der Waals surface area (Å²) in [7, 11) is -4.64. The lowest BCUT2D eigenvalue weighted by atomic mass is 10.3. The number of pyridine rings is 1. The minimum Gasteiger partial charge on any atom is -0.462 e. The first-order valence-electron chi connectivity index (χ1n) is 5.21. The van der Waals surface area contributed by atoms with Crippen LogP contribution in [0.2, 0.25) is 0 Å². The van der Waals surface area contributed by atoms with E-state index in [4.69, 9.17) is 24.0 Å². The van der Waals surface area contributed by atoms with Gasteiger partial charge in [0.15, 0.2) is 0 Å². The number of carbonyl (C=O) groups is 1. The topological polar surface area (TPSA) is 117 Å². The highest BCUT2D eigenvalue weighted by atomic mass is 31.2. The van der Waals surface area contributed by atoms with Crippen molar-refractivity contribution in [2.75, 3.05) is 6.61 Å². The molecule has 1 heterocycles. The Bertz CT molecular complexity index is 447. The molecule has 3 N–H and O–H groups in total. The number of ether oxygens (including phenoxy) is 1. The van der Waals surface area contributed by atoms with Crippen LogP contribution in [0.25, 0.3) is 0 Å². The molecule has 0 saturated heterocycles. The van der Waals surface area contributed by atoms with E-state index < -0.39 is 7.82 Å². The number of hydrogen-bond donors (Lipinski definition) is 3. The lowest BCUT2D eigenvalue weighted by molar-refractivity contribution is -0.138. The van der Waals surface area contributed by atoms with Gasteiger partial charge in [-0.15, -0.1) is 0 Å². The molecule has 0 saturated carbocycles. The Morgan fingerprint density at radius 3 is 2.42 bits per heavy atom. The van der Waals surface area contributed by atoms with Gasteiger partial charge in [-0.2, -0.15) is 0 Å². The maximum absolute atomic E-state index is 11.0. The molecule has 0 unspecified atom stereocenters. The monoisotopic (exact) mass is 289 g/mol. The molecule has 0 amide bonds. The second-order valence-electron chi connectivity index (χ2n) is 3.50. The first kappa shape index (κ1) is 17.5. The summed E-state index contributed by atoms with van der Waals surface area (Å²) >= 11 is 0. The zero-order valence-corrected chi connectivity index (χ0v) is 11.3. The van der Waals surface area contributed by atoms with Gasteiger partial charge in [0.05, 0.1) is 6.61 Å². The van der Waals surface area contributed by atoms with Crippen LogP contribution in [-0.2, 0) is 20.5 Å². The molecule has 0 aromatic carbocycles. The fourth-order valence-electron chi connectivity index (χ4n) is 0.918. The molecular weight excluding hydrogens is 273 g/mol. The highest BCUT2D eigenvalue weighted by Gasteiger charge is 2.02. The minimum absolute atomic E-state index is 0.346. The SMILES string of the molecule is C=C(C)C(=O)OCCc1ccccn1.O=P(O)(O)O. The Balaban J connectivity index is 0.000000555. The van der Waals surface area contributed by atoms with Crippen LogP contribution >= 0.6 is 7.82 Å². The smallest absolute Gasteiger partial charge is 0.462 e. The van der Waals surface area contributed by atoms with Crippen LogP contribution < -0.4 is 0 Å². The van der Waals surface area contributed by atoms with Crippen molar-refractivity contribution in [3.63, 3.8) is 0 Å². The van der Waals surface area contributed by atoms with Crippen LogP contribution in [0, 0.1) is 0 Å². The van der Waals surface area contributed by atoms with Gasteiger partial charge in [0.1, 0.15) is 0 Å². The third kappa shape index (κ3) is 12.7. The van der Waals surface area contributed by atoms with Crippen LogP contribution in [0.15, 0.2) is 36.5 Å². The van der Waals surface area contributed by atoms with Crippen molar-refractivity contribution >= 4 is 13.8 Å². The van der Waals surface area contributed by atoms with Crippen LogP contribution in [0.3, 0.4) is 0 Å². The van der Waals surface area contributed by atoms with Gasteiger partial charge in [0.2, 0.25) is 0 Å². The fraction of sp³-hybridized carbons (Fsp3) is 0.273. The van der Waals surface area contributed by atoms with Crippen molar-refractivity contribution in [3.8, 4) is 0 Å². The van der Waals surface area contributed by atoms with Crippen molar-refractivity contribution in [1.29, 1.82) is 0 Å². The molecule has 0 spiro atoms. The number of nitrogens with zero attached hydrogens (tertiary/aromatic N) is 1. The standard InChI is InChI=1S/C11H13NO2.H3O4P/c1-9(2)11(13)14-8-6-10-5-3-4-7-12-10;1-5(2,3)4/h3-5,7H,1,6,8H2,2H3;(H3,1,2,3,4). The largest absolute Gasteiger partial charge is 0.466 e. The Kier molecular flexibility index (Phi) is 7.86. The zero-order chi connectivity index (χ0) is 14.9. The van der Waals surface area contributed by atoms with E-state index in [9.17, 15) is 4.79 Å². The van der Waals surface area contributed by atoms with E-state index in [1.54, 1.807) is 13.1 Å². The Morgan fingerprint density at radius 2 is 2.00 bits per heavy atom. The van der Waals surface area contributed by atoms with Gasteiger partial charge in [-0.1, -0.05) is 12.6 Å². The van der Waals surface area contributed by atoms with Crippen molar-refractivity contribution in [1.82, 2.24) is 4.98 Å². The Morgan fingerprint density at radius 1 is 1.42 bits per heavy atom. The van der Waals surface area contributed by atoms with Gasteiger partial charge in [-0.3, -0.25) is 4.98 Å². The van der Waals surface area contributed by atoms with E-state index in [2.05, 4.69) is 11.6 Å². The summed E-state index contributed by atoms with van der Waals surface area (Å²) in [6, 6.07) is 5.65. The highest BCUT2D eigenvalue weighted by Crippen LogP contribution is 2.25. The molecule has 19 heavy (non-hydrogen) atoms. The van der Waals surface area contributed by atoms with Gasteiger partial charge in [0.25, 0.3) is 0 Å². The molecule has 0 aliphatic heterocycles. The predicted molar refractivity (Wildman–Crippen MR) is 68.0 cm³/mol. The van der Waals surface area contributed by atoms with Gasteiger partial charge < -0.3 is 19.4 Å². The van der Waals surface area contributed by atoms with Crippen LogP contribution in [0.1, 0.15) is 12.6 Å². The molecule has 0 bridgehead atoms. The van der Waals surface area contributed by atoms with E-state index in [-0.39, 0.29) is 5.97 Å². The molecule has 1 rings (SSSR count). The van der Waals surface area contributed by atoms with Gasteiger partial charge in [-0.05, 0) is 19.1 Å². The van der Waals surface area contributed by atoms with Crippen molar-refractivity contribution in [3.05, 3.63) is 42.2 Å². The average molecular weight is 289 g/mol. The molecule has 8 heteroatoms. The third-order valence-electron chi connectivity index (χ3n) is 1.67. The van der Waals surface area contributed by atoms with Crippen molar-refractivity contribution in [2.45, 2.75) is 13.3 Å². The molecule has 106 valence electrons. The van der Waals surface area contributed by atoms with Gasteiger partial charge in [0, 0.05) is 23.9 Å². The number of phosphoric acid groups is 1. The van der Waals surface area contributed by atoms with Crippen molar-refractivity contribution < 1.29 is 28.8 Å². The second-order valence-corrected chi connectivity index (χ2v) is 4.53. The first-order chi connectivity index (χ1) is 8.70. The van der Waals surface area contributed by atoms with Crippen LogP contribution in [0.4, 0.5) is 0 Å². The average Bonchev–Trinajstić information content (AvgIpc) is 2.28. The first-order valence-corrected chi connectivity index (χ1v) is 6.77. The van der Waals surface area contributed by atoms with E-state index in [0.717, 1.165) is 5.69 Å². The molecular formula is C11H16NO6P.